The number of rotatable bonds is 3. The third-order valence-corrected chi connectivity index (χ3v) is 6.01. The number of hydrogen-bond donors (Lipinski definition) is 0. The minimum atomic E-state index is -1.75. The standard InChI is InChI=1S/C21H19N3O6/c1-29-19(27)21(20(28)30-2)10-16(24-17(25)7-8-18(24)26)23-14-5-3-12(11-22)9-13(14)4-6-15(21)23/h3-6,9,15-16H,7-8,10H2,1-2H3/t15-,16-/m1/s1. The Kier molecular flexibility index (Phi) is 4.57. The molecule has 2 fully saturated rings. The normalized spacial score (nSPS) is 23.6. The molecule has 0 aliphatic carbocycles. The molecule has 3 aliphatic heterocycles. The van der Waals surface area contributed by atoms with Crippen LogP contribution in [0.15, 0.2) is 24.3 Å². The van der Waals surface area contributed by atoms with Gasteiger partial charge in [0.05, 0.1) is 31.9 Å². The van der Waals surface area contributed by atoms with Crippen molar-refractivity contribution in [1.82, 2.24) is 4.90 Å². The molecular weight excluding hydrogens is 390 g/mol. The third kappa shape index (κ3) is 2.53. The van der Waals surface area contributed by atoms with E-state index < -0.39 is 29.6 Å². The second-order valence-corrected chi connectivity index (χ2v) is 7.39. The molecule has 9 nitrogen and oxygen atoms in total. The second kappa shape index (κ2) is 6.99. The minimum absolute atomic E-state index is 0.0767. The predicted octanol–water partition coefficient (Wildman–Crippen LogP) is 0.971. The molecule has 0 aromatic heterocycles. The summed E-state index contributed by atoms with van der Waals surface area (Å²) in [5, 5.41) is 9.21. The van der Waals surface area contributed by atoms with E-state index in [2.05, 4.69) is 6.07 Å². The van der Waals surface area contributed by atoms with Gasteiger partial charge in [-0.05, 0) is 23.8 Å². The van der Waals surface area contributed by atoms with Crippen LogP contribution in [0.3, 0.4) is 0 Å². The molecule has 0 radical (unpaired) electrons. The van der Waals surface area contributed by atoms with E-state index in [4.69, 9.17) is 9.47 Å². The molecule has 2 amide bonds. The van der Waals surface area contributed by atoms with Crippen LogP contribution >= 0.6 is 0 Å². The van der Waals surface area contributed by atoms with Crippen molar-refractivity contribution in [2.24, 2.45) is 5.41 Å². The lowest BCUT2D eigenvalue weighted by atomic mass is 9.78. The Morgan fingerprint density at radius 3 is 2.33 bits per heavy atom. The first-order chi connectivity index (χ1) is 14.4. The molecule has 0 saturated carbocycles. The second-order valence-electron chi connectivity index (χ2n) is 7.39. The Morgan fingerprint density at radius 1 is 1.13 bits per heavy atom. The van der Waals surface area contributed by atoms with Gasteiger partial charge in [-0.25, -0.2) is 0 Å². The molecular formula is C21H19N3O6. The Morgan fingerprint density at radius 2 is 1.77 bits per heavy atom. The van der Waals surface area contributed by atoms with Crippen LogP contribution in [0.1, 0.15) is 30.4 Å². The number of likely N-dealkylation sites (tertiary alicyclic amines) is 1. The minimum Gasteiger partial charge on any atom is -0.468 e. The highest BCUT2D eigenvalue weighted by Gasteiger charge is 2.65. The number of esters is 2. The molecule has 1 aromatic rings. The van der Waals surface area contributed by atoms with Gasteiger partial charge >= 0.3 is 11.9 Å². The summed E-state index contributed by atoms with van der Waals surface area (Å²) in [5.74, 6) is -2.32. The number of imide groups is 1. The maximum Gasteiger partial charge on any atom is 0.325 e. The zero-order valence-electron chi connectivity index (χ0n) is 16.5. The van der Waals surface area contributed by atoms with Crippen LogP contribution in [0.4, 0.5) is 5.69 Å². The van der Waals surface area contributed by atoms with E-state index in [9.17, 15) is 24.4 Å². The molecule has 0 unspecified atom stereocenters. The number of hydrogen-bond acceptors (Lipinski definition) is 8. The number of methoxy groups -OCH3 is 2. The SMILES string of the molecule is COC(=O)C1(C(=O)OC)C[C@@H](N2C(=O)CCC2=O)N2c3ccc(C#N)cc3C=C[C@@H]21. The zero-order chi connectivity index (χ0) is 21.6. The Labute approximate surface area is 172 Å². The summed E-state index contributed by atoms with van der Waals surface area (Å²) in [6.07, 6.45) is 2.50. The molecule has 2 atom stereocenters. The first kappa shape index (κ1) is 19.6. The van der Waals surface area contributed by atoms with Gasteiger partial charge in [-0.15, -0.1) is 0 Å². The topological polar surface area (TPSA) is 117 Å². The molecule has 1 aromatic carbocycles. The van der Waals surface area contributed by atoms with Gasteiger partial charge in [-0.3, -0.25) is 24.1 Å². The number of amides is 2. The highest BCUT2D eigenvalue weighted by atomic mass is 16.5. The number of fused-ring (bicyclic) bond motifs is 3. The fraction of sp³-hybridized carbons (Fsp3) is 0.381. The van der Waals surface area contributed by atoms with Crippen molar-refractivity contribution in [1.29, 1.82) is 5.26 Å². The van der Waals surface area contributed by atoms with Crippen molar-refractivity contribution in [3.8, 4) is 6.07 Å². The van der Waals surface area contributed by atoms with E-state index in [0.717, 1.165) is 4.90 Å². The fourth-order valence-corrected chi connectivity index (χ4v) is 4.68. The average Bonchev–Trinajstić information content (AvgIpc) is 3.29. The van der Waals surface area contributed by atoms with Crippen molar-refractivity contribution in [2.45, 2.75) is 31.5 Å². The molecule has 0 spiro atoms. The van der Waals surface area contributed by atoms with E-state index in [0.29, 0.717) is 16.8 Å². The summed E-state index contributed by atoms with van der Waals surface area (Å²) in [5.41, 5.74) is -0.0268. The highest BCUT2D eigenvalue weighted by molar-refractivity contribution is 6.06. The van der Waals surface area contributed by atoms with E-state index >= 15 is 0 Å². The molecule has 4 rings (SSSR count). The maximum absolute atomic E-state index is 12.9. The smallest absolute Gasteiger partial charge is 0.325 e. The lowest BCUT2D eigenvalue weighted by Crippen LogP contribution is -2.53. The lowest BCUT2D eigenvalue weighted by Gasteiger charge is -2.39. The largest absolute Gasteiger partial charge is 0.468 e. The molecule has 3 heterocycles. The number of ether oxygens (including phenoxy) is 2. The summed E-state index contributed by atoms with van der Waals surface area (Å²) in [4.78, 5) is 53.7. The molecule has 0 N–H and O–H groups in total. The summed E-state index contributed by atoms with van der Waals surface area (Å²) < 4.78 is 9.93. The summed E-state index contributed by atoms with van der Waals surface area (Å²) in [6.45, 7) is 0. The van der Waals surface area contributed by atoms with E-state index in [1.807, 2.05) is 0 Å². The van der Waals surface area contributed by atoms with Crippen LogP contribution in [0.5, 0.6) is 0 Å². The summed E-state index contributed by atoms with van der Waals surface area (Å²) in [7, 11) is 2.35. The molecule has 154 valence electrons. The van der Waals surface area contributed by atoms with Gasteiger partial charge in [0, 0.05) is 24.9 Å². The van der Waals surface area contributed by atoms with E-state index in [1.54, 1.807) is 35.3 Å². The van der Waals surface area contributed by atoms with E-state index in [1.165, 1.54) is 14.2 Å². The Hall–Kier alpha value is -3.67. The number of carbonyl (C=O) groups excluding carboxylic acids is 4. The lowest BCUT2D eigenvalue weighted by molar-refractivity contribution is -0.169. The molecule has 3 aliphatic rings. The van der Waals surface area contributed by atoms with Crippen LogP contribution in [0, 0.1) is 16.7 Å². The summed E-state index contributed by atoms with van der Waals surface area (Å²) >= 11 is 0. The first-order valence-corrected chi connectivity index (χ1v) is 9.41. The predicted molar refractivity (Wildman–Crippen MR) is 102 cm³/mol. The average molecular weight is 409 g/mol. The van der Waals surface area contributed by atoms with Gasteiger partial charge in [-0.1, -0.05) is 12.2 Å². The number of benzene rings is 1. The van der Waals surface area contributed by atoms with Gasteiger partial charge in [0.15, 0.2) is 5.41 Å². The van der Waals surface area contributed by atoms with Crippen molar-refractivity contribution in [3.05, 3.63) is 35.4 Å². The molecule has 0 bridgehead atoms. The molecule has 30 heavy (non-hydrogen) atoms. The van der Waals surface area contributed by atoms with Crippen LogP contribution in [0.2, 0.25) is 0 Å². The van der Waals surface area contributed by atoms with Gasteiger partial charge in [-0.2, -0.15) is 5.26 Å². The Balaban J connectivity index is 1.93. The number of carbonyl (C=O) groups is 4. The summed E-state index contributed by atoms with van der Waals surface area (Å²) in [6, 6.07) is 6.20. The Bertz CT molecular complexity index is 1010. The van der Waals surface area contributed by atoms with Gasteiger partial charge < -0.3 is 14.4 Å². The third-order valence-electron chi connectivity index (χ3n) is 6.01. The van der Waals surface area contributed by atoms with Crippen molar-refractivity contribution in [2.75, 3.05) is 19.1 Å². The van der Waals surface area contributed by atoms with Gasteiger partial charge in [0.25, 0.3) is 0 Å². The van der Waals surface area contributed by atoms with Crippen LogP contribution in [0.25, 0.3) is 6.08 Å². The first-order valence-electron chi connectivity index (χ1n) is 9.41. The van der Waals surface area contributed by atoms with Gasteiger partial charge in [0.2, 0.25) is 11.8 Å². The van der Waals surface area contributed by atoms with Crippen molar-refractivity contribution < 1.29 is 28.7 Å². The fourth-order valence-electron chi connectivity index (χ4n) is 4.68. The highest BCUT2D eigenvalue weighted by Crippen LogP contribution is 2.50. The molecule has 2 saturated heterocycles. The van der Waals surface area contributed by atoms with Crippen molar-refractivity contribution >= 4 is 35.5 Å². The number of nitrogens with zero attached hydrogens (tertiary/aromatic N) is 3. The van der Waals surface area contributed by atoms with Gasteiger partial charge in [0.1, 0.15) is 6.17 Å². The quantitative estimate of drug-likeness (QED) is 0.412. The number of nitriles is 1. The zero-order valence-corrected chi connectivity index (χ0v) is 16.5. The van der Waals surface area contributed by atoms with Crippen LogP contribution in [-0.4, -0.2) is 55.1 Å². The maximum atomic E-state index is 12.9. The van der Waals surface area contributed by atoms with Crippen LogP contribution < -0.4 is 4.90 Å². The monoisotopic (exact) mass is 409 g/mol. The molecule has 9 heteroatoms. The van der Waals surface area contributed by atoms with Crippen LogP contribution in [-0.2, 0) is 28.7 Å². The number of anilines is 1. The van der Waals surface area contributed by atoms with E-state index in [-0.39, 0.29) is 31.1 Å². The van der Waals surface area contributed by atoms with Crippen molar-refractivity contribution in [3.63, 3.8) is 0 Å².